The Balaban J connectivity index is 3.36. The summed E-state index contributed by atoms with van der Waals surface area (Å²) in [6, 6.07) is 3.03. The maximum atomic E-state index is 12.1. The van der Waals surface area contributed by atoms with Crippen molar-refractivity contribution in [3.05, 3.63) is 33.9 Å². The minimum atomic E-state index is -4.12. The lowest BCUT2D eigenvalue weighted by atomic mass is 10.2. The smallest absolute Gasteiger partial charge is 0.289 e. The molecule has 0 saturated carbocycles. The third-order valence-corrected chi connectivity index (χ3v) is 4.33. The number of nitro groups is 1. The van der Waals surface area contributed by atoms with E-state index in [-0.39, 0.29) is 11.3 Å². The number of carbonyl (C=O) groups excluding carboxylic acids is 1. The van der Waals surface area contributed by atoms with Gasteiger partial charge >= 0.3 is 0 Å². The molecule has 104 valence electrons. The first-order valence-corrected chi connectivity index (χ1v) is 6.92. The van der Waals surface area contributed by atoms with Crippen LogP contribution in [0.4, 0.5) is 5.69 Å². The maximum Gasteiger partial charge on any atom is 0.289 e. The molecule has 0 fully saturated rings. The number of ketones is 1. The summed E-state index contributed by atoms with van der Waals surface area (Å²) in [5.74, 6) is -0.375. The highest BCUT2D eigenvalue weighted by Crippen LogP contribution is 2.26. The minimum Gasteiger partial charge on any atom is -0.298 e. The highest BCUT2D eigenvalue weighted by Gasteiger charge is 2.29. The van der Waals surface area contributed by atoms with Gasteiger partial charge in [0.05, 0.1) is 11.0 Å². The van der Waals surface area contributed by atoms with Crippen molar-refractivity contribution in [3.63, 3.8) is 0 Å². The standard InChI is InChI=1S/C11H14N2O5S/c1-7-5-4-6-10(13(15)16)11(7)19(17,18)12-8(2)9(3)14/h4-6,8,12H,1-3H3. The molecule has 0 saturated heterocycles. The van der Waals surface area contributed by atoms with E-state index in [1.165, 1.54) is 32.9 Å². The van der Waals surface area contributed by atoms with E-state index >= 15 is 0 Å². The van der Waals surface area contributed by atoms with E-state index in [1.54, 1.807) is 0 Å². The van der Waals surface area contributed by atoms with Gasteiger partial charge in [0.15, 0.2) is 4.90 Å². The normalized spacial score (nSPS) is 13.0. The van der Waals surface area contributed by atoms with E-state index in [4.69, 9.17) is 0 Å². The van der Waals surface area contributed by atoms with Crippen molar-refractivity contribution in [2.45, 2.75) is 31.7 Å². The number of benzene rings is 1. The number of nitrogens with one attached hydrogen (secondary N) is 1. The van der Waals surface area contributed by atoms with Gasteiger partial charge in [-0.1, -0.05) is 12.1 Å². The Bertz CT molecular complexity index is 624. The molecule has 0 aliphatic heterocycles. The molecule has 1 atom stereocenters. The molecule has 0 radical (unpaired) electrons. The number of hydrogen-bond donors (Lipinski definition) is 1. The van der Waals surface area contributed by atoms with Crippen LogP contribution in [0, 0.1) is 17.0 Å². The fourth-order valence-corrected chi connectivity index (χ4v) is 3.16. The lowest BCUT2D eigenvalue weighted by Gasteiger charge is -2.13. The molecule has 0 heterocycles. The zero-order valence-electron chi connectivity index (χ0n) is 10.7. The topological polar surface area (TPSA) is 106 Å². The predicted molar refractivity (Wildman–Crippen MR) is 68.3 cm³/mol. The van der Waals surface area contributed by atoms with Crippen LogP contribution in [0.15, 0.2) is 23.1 Å². The minimum absolute atomic E-state index is 0.248. The van der Waals surface area contributed by atoms with Crippen LogP contribution in [-0.2, 0) is 14.8 Å². The Kier molecular flexibility index (Phi) is 4.38. The summed E-state index contributed by atoms with van der Waals surface area (Å²) in [6.07, 6.45) is 0. The molecular weight excluding hydrogens is 272 g/mol. The van der Waals surface area contributed by atoms with Crippen LogP contribution in [0.5, 0.6) is 0 Å². The molecule has 1 aromatic carbocycles. The fraction of sp³-hybridized carbons (Fsp3) is 0.364. The molecule has 0 bridgehead atoms. The third kappa shape index (κ3) is 3.36. The van der Waals surface area contributed by atoms with E-state index in [0.717, 1.165) is 6.07 Å². The lowest BCUT2D eigenvalue weighted by molar-refractivity contribution is -0.387. The quantitative estimate of drug-likeness (QED) is 0.645. The van der Waals surface area contributed by atoms with Crippen LogP contribution in [-0.4, -0.2) is 25.2 Å². The largest absolute Gasteiger partial charge is 0.298 e. The predicted octanol–water partition coefficient (Wildman–Crippen LogP) is 1.16. The second kappa shape index (κ2) is 5.45. The molecule has 7 nitrogen and oxygen atoms in total. The van der Waals surface area contributed by atoms with E-state index in [0.29, 0.717) is 0 Å². The number of rotatable bonds is 5. The Morgan fingerprint density at radius 2 is 2.00 bits per heavy atom. The van der Waals surface area contributed by atoms with Crippen molar-refractivity contribution in [1.82, 2.24) is 4.72 Å². The second-order valence-corrected chi connectivity index (χ2v) is 5.78. The van der Waals surface area contributed by atoms with Gasteiger partial charge in [0.25, 0.3) is 5.69 Å². The first-order chi connectivity index (χ1) is 8.66. The van der Waals surface area contributed by atoms with Crippen LogP contribution in [0.2, 0.25) is 0 Å². The number of Topliss-reactive ketones (excluding diaryl/α,β-unsaturated/α-hetero) is 1. The summed E-state index contributed by atoms with van der Waals surface area (Å²) in [6.45, 7) is 4.07. The molecule has 0 aliphatic carbocycles. The van der Waals surface area contributed by atoms with E-state index in [9.17, 15) is 23.3 Å². The molecule has 0 amide bonds. The second-order valence-electron chi connectivity index (χ2n) is 4.13. The Hall–Kier alpha value is -1.80. The SMILES string of the molecule is CC(=O)C(C)NS(=O)(=O)c1c(C)cccc1[N+](=O)[O-]. The number of hydrogen-bond acceptors (Lipinski definition) is 5. The maximum absolute atomic E-state index is 12.1. The first kappa shape index (κ1) is 15.3. The molecule has 1 rings (SSSR count). The zero-order valence-corrected chi connectivity index (χ0v) is 11.5. The number of sulfonamides is 1. The van der Waals surface area contributed by atoms with Gasteiger partial charge in [0.1, 0.15) is 5.78 Å². The van der Waals surface area contributed by atoms with Crippen LogP contribution in [0.3, 0.4) is 0 Å². The molecule has 1 unspecified atom stereocenters. The summed E-state index contributed by atoms with van der Waals surface area (Å²) in [5.41, 5.74) is -0.263. The van der Waals surface area contributed by atoms with E-state index < -0.39 is 31.6 Å². The van der Waals surface area contributed by atoms with Crippen LogP contribution < -0.4 is 4.72 Å². The number of carbonyl (C=O) groups is 1. The van der Waals surface area contributed by atoms with Gasteiger partial charge in [-0.25, -0.2) is 13.1 Å². The van der Waals surface area contributed by atoms with Crippen LogP contribution in [0.1, 0.15) is 19.4 Å². The highest BCUT2D eigenvalue weighted by atomic mass is 32.2. The summed E-state index contributed by atoms with van der Waals surface area (Å²) >= 11 is 0. The molecule has 1 N–H and O–H groups in total. The highest BCUT2D eigenvalue weighted by molar-refractivity contribution is 7.89. The zero-order chi connectivity index (χ0) is 14.8. The molecular formula is C11H14N2O5S. The fourth-order valence-electron chi connectivity index (χ4n) is 1.50. The van der Waals surface area contributed by atoms with Gasteiger partial charge in [-0.3, -0.25) is 14.9 Å². The third-order valence-electron chi connectivity index (χ3n) is 2.60. The molecule has 0 aliphatic rings. The van der Waals surface area contributed by atoms with Gasteiger partial charge in [-0.2, -0.15) is 0 Å². The molecule has 19 heavy (non-hydrogen) atoms. The molecule has 8 heteroatoms. The van der Waals surface area contributed by atoms with Crippen molar-refractivity contribution in [2.75, 3.05) is 0 Å². The summed E-state index contributed by atoms with van der Waals surface area (Å²) in [5, 5.41) is 10.9. The van der Waals surface area contributed by atoms with Gasteiger partial charge in [0, 0.05) is 6.07 Å². The summed E-state index contributed by atoms with van der Waals surface area (Å²) < 4.78 is 26.4. The van der Waals surface area contributed by atoms with Crippen LogP contribution in [0.25, 0.3) is 0 Å². The summed E-state index contributed by atoms with van der Waals surface area (Å²) in [7, 11) is -4.12. The van der Waals surface area contributed by atoms with Gasteiger partial charge in [0.2, 0.25) is 10.0 Å². The molecule has 0 spiro atoms. The van der Waals surface area contributed by atoms with Crippen molar-refractivity contribution in [1.29, 1.82) is 0 Å². The number of aryl methyl sites for hydroxylation is 1. The molecule has 1 aromatic rings. The Morgan fingerprint density at radius 1 is 1.42 bits per heavy atom. The van der Waals surface area contributed by atoms with Crippen molar-refractivity contribution < 1.29 is 18.1 Å². The monoisotopic (exact) mass is 286 g/mol. The Morgan fingerprint density at radius 3 is 2.47 bits per heavy atom. The van der Waals surface area contributed by atoms with Gasteiger partial charge < -0.3 is 0 Å². The average molecular weight is 286 g/mol. The molecule has 0 aromatic heterocycles. The number of nitro benzene ring substituents is 1. The summed E-state index contributed by atoms with van der Waals surface area (Å²) in [4.78, 5) is 20.8. The van der Waals surface area contributed by atoms with Gasteiger partial charge in [-0.15, -0.1) is 0 Å². The Labute approximate surface area is 110 Å². The first-order valence-electron chi connectivity index (χ1n) is 5.43. The van der Waals surface area contributed by atoms with E-state index in [2.05, 4.69) is 4.72 Å². The van der Waals surface area contributed by atoms with Crippen molar-refractivity contribution >= 4 is 21.5 Å². The average Bonchev–Trinajstić information content (AvgIpc) is 2.27. The van der Waals surface area contributed by atoms with Crippen molar-refractivity contribution in [3.8, 4) is 0 Å². The lowest BCUT2D eigenvalue weighted by Crippen LogP contribution is -2.37. The van der Waals surface area contributed by atoms with Gasteiger partial charge in [-0.05, 0) is 26.3 Å². The van der Waals surface area contributed by atoms with Crippen molar-refractivity contribution in [2.24, 2.45) is 0 Å². The van der Waals surface area contributed by atoms with Crippen LogP contribution >= 0.6 is 0 Å². The van der Waals surface area contributed by atoms with E-state index in [1.807, 2.05) is 0 Å². The number of nitrogens with zero attached hydrogens (tertiary/aromatic N) is 1.